The predicted molar refractivity (Wildman–Crippen MR) is 65.9 cm³/mol. The van der Waals surface area contributed by atoms with E-state index < -0.39 is 11.7 Å². The molecule has 0 saturated heterocycles. The predicted octanol–water partition coefficient (Wildman–Crippen LogP) is 2.57. The largest absolute Gasteiger partial charge is 0.416 e. The highest BCUT2D eigenvalue weighted by molar-refractivity contribution is 5.27. The van der Waals surface area contributed by atoms with Crippen molar-refractivity contribution in [3.63, 3.8) is 0 Å². The fourth-order valence-electron chi connectivity index (χ4n) is 1.76. The average Bonchev–Trinajstić information content (AvgIpc) is 2.83. The summed E-state index contributed by atoms with van der Waals surface area (Å²) in [5.41, 5.74) is 5.18. The Bertz CT molecular complexity index is 566. The second kappa shape index (κ2) is 6.04. The van der Waals surface area contributed by atoms with Crippen LogP contribution in [-0.4, -0.2) is 16.7 Å². The number of benzene rings is 1. The maximum atomic E-state index is 12.6. The van der Waals surface area contributed by atoms with Gasteiger partial charge in [0.1, 0.15) is 0 Å². The summed E-state index contributed by atoms with van der Waals surface area (Å²) in [6, 6.07) is 5.10. The molecule has 108 valence electrons. The molecule has 0 bridgehead atoms. The van der Waals surface area contributed by atoms with Gasteiger partial charge in [0, 0.05) is 12.8 Å². The first kappa shape index (κ1) is 14.5. The lowest BCUT2D eigenvalue weighted by Gasteiger charge is -2.07. The van der Waals surface area contributed by atoms with E-state index in [1.165, 1.54) is 6.07 Å². The van der Waals surface area contributed by atoms with Crippen molar-refractivity contribution in [3.8, 4) is 0 Å². The third-order valence-corrected chi connectivity index (χ3v) is 2.72. The van der Waals surface area contributed by atoms with Crippen LogP contribution in [0.5, 0.6) is 0 Å². The van der Waals surface area contributed by atoms with Gasteiger partial charge in [0.2, 0.25) is 5.89 Å². The number of aryl methyl sites for hydroxylation is 1. The van der Waals surface area contributed by atoms with Crippen LogP contribution in [0.1, 0.15) is 29.3 Å². The van der Waals surface area contributed by atoms with Gasteiger partial charge in [-0.05, 0) is 24.6 Å². The number of nitrogens with two attached hydrogens (primary N) is 1. The molecule has 2 aromatic rings. The van der Waals surface area contributed by atoms with Crippen molar-refractivity contribution in [2.24, 2.45) is 5.73 Å². The molecule has 4 nitrogen and oxygen atoms in total. The molecule has 0 amide bonds. The fraction of sp³-hybridized carbons (Fsp3) is 0.385. The SMILES string of the molecule is NCCCc1nc(Cc2cccc(C(F)(F)F)c2)no1. The Labute approximate surface area is 113 Å². The molecule has 0 spiro atoms. The van der Waals surface area contributed by atoms with E-state index in [1.54, 1.807) is 6.07 Å². The summed E-state index contributed by atoms with van der Waals surface area (Å²) in [5.74, 6) is 0.828. The van der Waals surface area contributed by atoms with Gasteiger partial charge < -0.3 is 10.3 Å². The highest BCUT2D eigenvalue weighted by Gasteiger charge is 2.30. The van der Waals surface area contributed by atoms with Crippen LogP contribution >= 0.6 is 0 Å². The highest BCUT2D eigenvalue weighted by atomic mass is 19.4. The molecule has 0 saturated carbocycles. The Morgan fingerprint density at radius 2 is 2.05 bits per heavy atom. The lowest BCUT2D eigenvalue weighted by Crippen LogP contribution is -2.05. The fourth-order valence-corrected chi connectivity index (χ4v) is 1.76. The second-order valence-electron chi connectivity index (χ2n) is 4.37. The third-order valence-electron chi connectivity index (χ3n) is 2.72. The molecule has 0 atom stereocenters. The topological polar surface area (TPSA) is 64.9 Å². The maximum absolute atomic E-state index is 12.6. The Morgan fingerprint density at radius 1 is 1.25 bits per heavy atom. The molecule has 0 aliphatic rings. The van der Waals surface area contributed by atoms with E-state index in [2.05, 4.69) is 10.1 Å². The monoisotopic (exact) mass is 285 g/mol. The zero-order valence-electron chi connectivity index (χ0n) is 10.7. The van der Waals surface area contributed by atoms with E-state index >= 15 is 0 Å². The molecule has 7 heteroatoms. The Kier molecular flexibility index (Phi) is 4.39. The molecular formula is C13H14F3N3O. The highest BCUT2D eigenvalue weighted by Crippen LogP contribution is 2.29. The molecule has 2 rings (SSSR count). The Hall–Kier alpha value is -1.89. The van der Waals surface area contributed by atoms with Gasteiger partial charge in [-0.2, -0.15) is 18.2 Å². The van der Waals surface area contributed by atoms with Crippen LogP contribution in [0, 0.1) is 0 Å². The molecule has 1 aromatic carbocycles. The van der Waals surface area contributed by atoms with Crippen molar-refractivity contribution < 1.29 is 17.7 Å². The number of hydrogen-bond donors (Lipinski definition) is 1. The molecule has 20 heavy (non-hydrogen) atoms. The molecule has 0 aliphatic heterocycles. The van der Waals surface area contributed by atoms with Crippen molar-refractivity contribution in [1.82, 2.24) is 10.1 Å². The van der Waals surface area contributed by atoms with Gasteiger partial charge in [-0.1, -0.05) is 23.4 Å². The maximum Gasteiger partial charge on any atom is 0.416 e. The number of nitrogens with zero attached hydrogens (tertiary/aromatic N) is 2. The van der Waals surface area contributed by atoms with Gasteiger partial charge in [-0.15, -0.1) is 0 Å². The van der Waals surface area contributed by atoms with Gasteiger partial charge in [0.25, 0.3) is 0 Å². The van der Waals surface area contributed by atoms with Gasteiger partial charge in [-0.3, -0.25) is 0 Å². The summed E-state index contributed by atoms with van der Waals surface area (Å²) in [4.78, 5) is 4.12. The van der Waals surface area contributed by atoms with Gasteiger partial charge in [-0.25, -0.2) is 0 Å². The lowest BCUT2D eigenvalue weighted by atomic mass is 10.1. The summed E-state index contributed by atoms with van der Waals surface area (Å²) < 4.78 is 42.8. The van der Waals surface area contributed by atoms with Crippen LogP contribution in [0.25, 0.3) is 0 Å². The third kappa shape index (κ3) is 3.80. The van der Waals surface area contributed by atoms with E-state index in [-0.39, 0.29) is 6.42 Å². The van der Waals surface area contributed by atoms with Crippen molar-refractivity contribution in [1.29, 1.82) is 0 Å². The van der Waals surface area contributed by atoms with Crippen molar-refractivity contribution in [2.45, 2.75) is 25.4 Å². The average molecular weight is 285 g/mol. The zero-order chi connectivity index (χ0) is 14.6. The number of aromatic nitrogens is 2. The summed E-state index contributed by atoms with van der Waals surface area (Å²) >= 11 is 0. The zero-order valence-corrected chi connectivity index (χ0v) is 10.7. The van der Waals surface area contributed by atoms with Gasteiger partial charge in [0.15, 0.2) is 5.82 Å². The van der Waals surface area contributed by atoms with Crippen LogP contribution in [-0.2, 0) is 19.0 Å². The summed E-state index contributed by atoms with van der Waals surface area (Å²) in [6.45, 7) is 0.519. The van der Waals surface area contributed by atoms with Crippen molar-refractivity contribution in [3.05, 3.63) is 47.1 Å². The number of alkyl halides is 3. The molecule has 2 N–H and O–H groups in total. The van der Waals surface area contributed by atoms with Crippen LogP contribution in [0.4, 0.5) is 13.2 Å². The van der Waals surface area contributed by atoms with E-state index in [9.17, 15) is 13.2 Å². The lowest BCUT2D eigenvalue weighted by molar-refractivity contribution is -0.137. The second-order valence-corrected chi connectivity index (χ2v) is 4.37. The molecule has 0 radical (unpaired) electrons. The smallest absolute Gasteiger partial charge is 0.339 e. The first-order chi connectivity index (χ1) is 9.49. The van der Waals surface area contributed by atoms with E-state index in [4.69, 9.17) is 10.3 Å². The van der Waals surface area contributed by atoms with Gasteiger partial charge in [0.05, 0.1) is 5.56 Å². The van der Waals surface area contributed by atoms with Crippen molar-refractivity contribution >= 4 is 0 Å². The minimum absolute atomic E-state index is 0.204. The van der Waals surface area contributed by atoms with E-state index in [1.807, 2.05) is 0 Å². The molecule has 0 aliphatic carbocycles. The number of hydrogen-bond acceptors (Lipinski definition) is 4. The minimum Gasteiger partial charge on any atom is -0.339 e. The first-order valence-electron chi connectivity index (χ1n) is 6.16. The van der Waals surface area contributed by atoms with E-state index in [0.29, 0.717) is 30.2 Å². The van der Waals surface area contributed by atoms with Crippen LogP contribution in [0.15, 0.2) is 28.8 Å². The van der Waals surface area contributed by atoms with Crippen molar-refractivity contribution in [2.75, 3.05) is 6.54 Å². The minimum atomic E-state index is -4.35. The Balaban J connectivity index is 2.08. The molecule has 1 heterocycles. The first-order valence-corrected chi connectivity index (χ1v) is 6.16. The summed E-state index contributed by atoms with van der Waals surface area (Å²) in [6.07, 6.45) is -2.84. The van der Waals surface area contributed by atoms with Crippen LogP contribution in [0.2, 0.25) is 0 Å². The molecular weight excluding hydrogens is 271 g/mol. The normalized spacial score (nSPS) is 11.8. The quantitative estimate of drug-likeness (QED) is 0.917. The van der Waals surface area contributed by atoms with Crippen LogP contribution in [0.3, 0.4) is 0 Å². The molecule has 0 fully saturated rings. The Morgan fingerprint density at radius 3 is 2.75 bits per heavy atom. The number of rotatable bonds is 5. The summed E-state index contributed by atoms with van der Waals surface area (Å²) in [7, 11) is 0. The van der Waals surface area contributed by atoms with Crippen LogP contribution < -0.4 is 5.73 Å². The van der Waals surface area contributed by atoms with E-state index in [0.717, 1.165) is 18.6 Å². The number of halogens is 3. The summed E-state index contributed by atoms with van der Waals surface area (Å²) in [5, 5.41) is 3.75. The molecule has 1 aromatic heterocycles. The molecule has 0 unspecified atom stereocenters. The standard InChI is InChI=1S/C13H14F3N3O/c14-13(15,16)10-4-1-3-9(7-10)8-11-18-12(20-19-11)5-2-6-17/h1,3-4,7H,2,5-6,8,17H2. The van der Waals surface area contributed by atoms with Gasteiger partial charge >= 0.3 is 6.18 Å².